The Morgan fingerprint density at radius 1 is 1.35 bits per heavy atom. The minimum Gasteiger partial charge on any atom is -0.461 e. The number of aromatic nitrogens is 1. The number of ketones is 1. The highest BCUT2D eigenvalue weighted by Gasteiger charge is 2.37. The summed E-state index contributed by atoms with van der Waals surface area (Å²) in [5.74, 6) is -0.720. The maximum atomic E-state index is 12.0. The van der Waals surface area contributed by atoms with E-state index in [2.05, 4.69) is 4.98 Å². The molecule has 1 atom stereocenters. The molecule has 1 unspecified atom stereocenters. The monoisotopic (exact) mass is 229 g/mol. The topological polar surface area (TPSA) is 69.4 Å². The van der Waals surface area contributed by atoms with E-state index in [9.17, 15) is 9.59 Å². The summed E-state index contributed by atoms with van der Waals surface area (Å²) >= 11 is 0. The van der Waals surface area contributed by atoms with Gasteiger partial charge in [0.1, 0.15) is 0 Å². The Labute approximate surface area is 96.0 Å². The number of Topliss-reactive ketones (excluding diaryl/α,β-unsaturated/α-hetero) is 1. The average molecular weight is 229 g/mol. The number of hydrogen-bond acceptors (Lipinski definition) is 5. The van der Waals surface area contributed by atoms with Crippen LogP contribution < -0.4 is 0 Å². The first-order valence-corrected chi connectivity index (χ1v) is 5.00. The van der Waals surface area contributed by atoms with Gasteiger partial charge in [-0.25, -0.2) is 4.79 Å². The smallest absolute Gasteiger partial charge is 0.339 e. The summed E-state index contributed by atoms with van der Waals surface area (Å²) < 4.78 is 10.0. The Bertz CT molecular complexity index is 588. The van der Waals surface area contributed by atoms with Crippen LogP contribution in [0, 0.1) is 0 Å². The van der Waals surface area contributed by atoms with E-state index >= 15 is 0 Å². The molecule has 1 aliphatic rings. The number of cyclic esters (lactones) is 1. The second kappa shape index (κ2) is 3.55. The molecule has 0 saturated carbocycles. The molecule has 0 spiro atoms. The van der Waals surface area contributed by atoms with Crippen molar-refractivity contribution in [2.75, 3.05) is 0 Å². The molecule has 3 heterocycles. The van der Waals surface area contributed by atoms with Crippen molar-refractivity contribution in [1.29, 1.82) is 0 Å². The molecule has 3 rings (SSSR count). The van der Waals surface area contributed by atoms with E-state index in [1.165, 1.54) is 30.8 Å². The number of furan rings is 1. The number of hydrogen-bond donors (Lipinski definition) is 0. The van der Waals surface area contributed by atoms with E-state index in [4.69, 9.17) is 9.15 Å². The summed E-state index contributed by atoms with van der Waals surface area (Å²) in [6.45, 7) is 0. The van der Waals surface area contributed by atoms with Gasteiger partial charge in [-0.1, -0.05) is 0 Å². The first kappa shape index (κ1) is 9.77. The minimum absolute atomic E-state index is 0.166. The van der Waals surface area contributed by atoms with Crippen LogP contribution in [-0.4, -0.2) is 16.7 Å². The number of carbonyl (C=O) groups excluding carboxylic acids is 2. The van der Waals surface area contributed by atoms with E-state index in [0.717, 1.165) is 0 Å². The van der Waals surface area contributed by atoms with Crippen LogP contribution in [0.2, 0.25) is 0 Å². The summed E-state index contributed by atoms with van der Waals surface area (Å²) in [6.07, 6.45) is 3.40. The van der Waals surface area contributed by atoms with Crippen LogP contribution in [0.1, 0.15) is 32.6 Å². The van der Waals surface area contributed by atoms with Gasteiger partial charge in [0.05, 0.1) is 11.8 Å². The van der Waals surface area contributed by atoms with E-state index in [-0.39, 0.29) is 11.5 Å². The molecule has 0 radical (unpaired) electrons. The van der Waals surface area contributed by atoms with Crippen molar-refractivity contribution in [2.45, 2.75) is 6.10 Å². The van der Waals surface area contributed by atoms with Crippen LogP contribution in [0.15, 0.2) is 41.3 Å². The molecule has 2 aromatic rings. The number of pyridine rings is 1. The Hall–Kier alpha value is -2.43. The molecule has 0 bridgehead atoms. The van der Waals surface area contributed by atoms with Gasteiger partial charge in [0.15, 0.2) is 11.9 Å². The predicted molar refractivity (Wildman–Crippen MR) is 55.4 cm³/mol. The van der Waals surface area contributed by atoms with Gasteiger partial charge in [-0.2, -0.15) is 0 Å². The quantitative estimate of drug-likeness (QED) is 0.579. The Kier molecular flexibility index (Phi) is 2.04. The van der Waals surface area contributed by atoms with Crippen LogP contribution in [0.25, 0.3) is 0 Å². The third-order valence-electron chi connectivity index (χ3n) is 2.58. The van der Waals surface area contributed by atoms with Crippen molar-refractivity contribution >= 4 is 11.8 Å². The third-order valence-corrected chi connectivity index (χ3v) is 2.58. The lowest BCUT2D eigenvalue weighted by Gasteiger charge is -2.06. The van der Waals surface area contributed by atoms with Crippen molar-refractivity contribution in [3.05, 3.63) is 53.7 Å². The molecule has 0 N–H and O–H groups in total. The van der Waals surface area contributed by atoms with Crippen molar-refractivity contribution in [3.8, 4) is 0 Å². The Morgan fingerprint density at radius 3 is 3.00 bits per heavy atom. The zero-order valence-corrected chi connectivity index (χ0v) is 8.62. The van der Waals surface area contributed by atoms with Gasteiger partial charge >= 0.3 is 5.97 Å². The fourth-order valence-corrected chi connectivity index (χ4v) is 1.78. The fourth-order valence-electron chi connectivity index (χ4n) is 1.78. The first-order chi connectivity index (χ1) is 8.27. The van der Waals surface area contributed by atoms with E-state index in [0.29, 0.717) is 11.1 Å². The summed E-state index contributed by atoms with van der Waals surface area (Å²) in [7, 11) is 0. The standard InChI is InChI=1S/C12H7NO4/c14-10(9-2-1-5-16-9)11-8-6-13-4-3-7(8)12(15)17-11/h1-6,11H. The fraction of sp³-hybridized carbons (Fsp3) is 0.0833. The maximum absolute atomic E-state index is 12.0. The molecular weight excluding hydrogens is 222 g/mol. The number of nitrogens with zero attached hydrogens (tertiary/aromatic N) is 1. The number of rotatable bonds is 2. The highest BCUT2D eigenvalue weighted by atomic mass is 16.6. The van der Waals surface area contributed by atoms with Gasteiger partial charge in [-0.15, -0.1) is 0 Å². The first-order valence-electron chi connectivity index (χ1n) is 5.00. The van der Waals surface area contributed by atoms with E-state index < -0.39 is 12.1 Å². The van der Waals surface area contributed by atoms with Crippen LogP contribution in [-0.2, 0) is 4.74 Å². The Balaban J connectivity index is 2.02. The lowest BCUT2D eigenvalue weighted by Crippen LogP contribution is -2.12. The van der Waals surface area contributed by atoms with E-state index in [1.807, 2.05) is 0 Å². The molecule has 0 fully saturated rings. The predicted octanol–water partition coefficient (Wildman–Crippen LogP) is 1.77. The molecule has 0 amide bonds. The zero-order valence-electron chi connectivity index (χ0n) is 8.62. The maximum Gasteiger partial charge on any atom is 0.339 e. The molecule has 5 heteroatoms. The molecule has 1 aliphatic heterocycles. The summed E-state index contributed by atoms with van der Waals surface area (Å²) in [4.78, 5) is 27.4. The molecule has 84 valence electrons. The van der Waals surface area contributed by atoms with Gasteiger partial charge in [-0.3, -0.25) is 9.78 Å². The van der Waals surface area contributed by atoms with Crippen molar-refractivity contribution in [1.82, 2.24) is 4.98 Å². The van der Waals surface area contributed by atoms with Crippen LogP contribution in [0.3, 0.4) is 0 Å². The molecule has 2 aromatic heterocycles. The molecule has 17 heavy (non-hydrogen) atoms. The van der Waals surface area contributed by atoms with Gasteiger partial charge in [0.25, 0.3) is 0 Å². The number of esters is 1. The number of ether oxygens (including phenoxy) is 1. The molecule has 0 aromatic carbocycles. The largest absolute Gasteiger partial charge is 0.461 e. The molecular formula is C12H7NO4. The van der Waals surface area contributed by atoms with Crippen LogP contribution in [0.5, 0.6) is 0 Å². The van der Waals surface area contributed by atoms with Crippen molar-refractivity contribution in [2.24, 2.45) is 0 Å². The number of fused-ring (bicyclic) bond motifs is 1. The second-order valence-electron chi connectivity index (χ2n) is 3.59. The SMILES string of the molecule is O=C1OC(C(=O)c2ccco2)c2cnccc21. The van der Waals surface area contributed by atoms with Crippen LogP contribution >= 0.6 is 0 Å². The Morgan fingerprint density at radius 2 is 2.24 bits per heavy atom. The summed E-state index contributed by atoms with van der Waals surface area (Å²) in [6, 6.07) is 4.67. The van der Waals surface area contributed by atoms with Crippen LogP contribution in [0.4, 0.5) is 0 Å². The molecule has 5 nitrogen and oxygen atoms in total. The minimum atomic E-state index is -0.947. The van der Waals surface area contributed by atoms with E-state index in [1.54, 1.807) is 6.07 Å². The van der Waals surface area contributed by atoms with Gasteiger partial charge in [0, 0.05) is 18.0 Å². The summed E-state index contributed by atoms with van der Waals surface area (Å²) in [5.41, 5.74) is 0.865. The molecule has 0 saturated heterocycles. The highest BCUT2D eigenvalue weighted by Crippen LogP contribution is 2.32. The third kappa shape index (κ3) is 1.44. The lowest BCUT2D eigenvalue weighted by atomic mass is 10.0. The van der Waals surface area contributed by atoms with Crippen molar-refractivity contribution < 1.29 is 18.7 Å². The summed E-state index contributed by atoms with van der Waals surface area (Å²) in [5, 5.41) is 0. The normalized spacial score (nSPS) is 17.6. The van der Waals surface area contributed by atoms with Gasteiger partial charge < -0.3 is 9.15 Å². The van der Waals surface area contributed by atoms with Gasteiger partial charge in [-0.05, 0) is 18.2 Å². The second-order valence-corrected chi connectivity index (χ2v) is 3.59. The van der Waals surface area contributed by atoms with Crippen molar-refractivity contribution in [3.63, 3.8) is 0 Å². The van der Waals surface area contributed by atoms with Gasteiger partial charge in [0.2, 0.25) is 5.78 Å². The highest BCUT2D eigenvalue weighted by molar-refractivity contribution is 6.05. The molecule has 0 aliphatic carbocycles. The lowest BCUT2D eigenvalue weighted by molar-refractivity contribution is 0.0345. The average Bonchev–Trinajstić information content (AvgIpc) is 2.97. The number of carbonyl (C=O) groups is 2. The zero-order chi connectivity index (χ0) is 11.8.